The van der Waals surface area contributed by atoms with Crippen LogP contribution in [0, 0.1) is 5.82 Å². The first-order chi connectivity index (χ1) is 14.7. The van der Waals surface area contributed by atoms with Crippen LogP contribution < -0.4 is 21.9 Å². The van der Waals surface area contributed by atoms with Crippen molar-refractivity contribution in [1.29, 1.82) is 0 Å². The van der Waals surface area contributed by atoms with Crippen molar-refractivity contribution in [2.75, 3.05) is 24.1 Å². The van der Waals surface area contributed by atoms with Gasteiger partial charge in [0.1, 0.15) is 13.0 Å². The van der Waals surface area contributed by atoms with Crippen molar-refractivity contribution in [1.82, 2.24) is 15.0 Å². The second-order valence-corrected chi connectivity index (χ2v) is 10.8. The minimum Gasteiger partial charge on any atom is -0.381 e. The first-order valence-corrected chi connectivity index (χ1v) is 12.2. The van der Waals surface area contributed by atoms with Crippen LogP contribution in [0.2, 0.25) is 0 Å². The minimum atomic E-state index is -2.72. The molecule has 2 aromatic carbocycles. The average Bonchev–Trinajstić information content (AvgIpc) is 2.73. The topological polar surface area (TPSA) is 111 Å². The summed E-state index contributed by atoms with van der Waals surface area (Å²) in [5.74, 6) is 6.16. The highest BCUT2D eigenvalue weighted by atomic mass is 31.2. The molecule has 0 spiro atoms. The number of aromatic nitrogens is 3. The molecule has 0 saturated heterocycles. The number of hydrazine groups is 1. The number of pyridine rings is 1. The third-order valence-corrected chi connectivity index (χ3v) is 6.42. The van der Waals surface area contributed by atoms with Crippen molar-refractivity contribution in [2.24, 2.45) is 5.84 Å². The van der Waals surface area contributed by atoms with E-state index in [1.165, 1.54) is 36.7 Å². The third-order valence-electron chi connectivity index (χ3n) is 4.90. The molecular formula is C22H22FN6OP. The van der Waals surface area contributed by atoms with E-state index in [1.54, 1.807) is 12.3 Å². The fourth-order valence-corrected chi connectivity index (χ4v) is 4.35. The van der Waals surface area contributed by atoms with Gasteiger partial charge in [-0.3, -0.25) is 9.99 Å². The number of hydrogen-bond donors (Lipinski definition) is 2. The van der Waals surface area contributed by atoms with Crippen molar-refractivity contribution in [2.45, 2.75) is 6.54 Å². The van der Waals surface area contributed by atoms with Gasteiger partial charge in [0.2, 0.25) is 0 Å². The van der Waals surface area contributed by atoms with Crippen LogP contribution in [0.3, 0.4) is 0 Å². The van der Waals surface area contributed by atoms with Gasteiger partial charge in [0.05, 0.1) is 24.0 Å². The molecular weight excluding hydrogens is 414 g/mol. The summed E-state index contributed by atoms with van der Waals surface area (Å²) in [6.45, 7) is 3.40. The Balaban J connectivity index is 1.64. The van der Waals surface area contributed by atoms with Crippen LogP contribution in [0.25, 0.3) is 22.2 Å². The molecule has 0 bridgehead atoms. The van der Waals surface area contributed by atoms with Crippen molar-refractivity contribution in [3.05, 3.63) is 72.3 Å². The van der Waals surface area contributed by atoms with Gasteiger partial charge in [0.15, 0.2) is 11.6 Å². The van der Waals surface area contributed by atoms with E-state index in [9.17, 15) is 8.96 Å². The lowest BCUT2D eigenvalue weighted by molar-refractivity contribution is 0.584. The number of anilines is 2. The van der Waals surface area contributed by atoms with Crippen LogP contribution in [0.1, 0.15) is 5.56 Å². The fourth-order valence-electron chi connectivity index (χ4n) is 3.34. The van der Waals surface area contributed by atoms with Gasteiger partial charge in [-0.05, 0) is 49.2 Å². The van der Waals surface area contributed by atoms with Crippen molar-refractivity contribution in [3.63, 3.8) is 0 Å². The summed E-state index contributed by atoms with van der Waals surface area (Å²) in [4.78, 5) is 13.0. The monoisotopic (exact) mass is 436 g/mol. The zero-order valence-corrected chi connectivity index (χ0v) is 18.1. The van der Waals surface area contributed by atoms with E-state index in [4.69, 9.17) is 11.6 Å². The Bertz CT molecular complexity index is 1320. The second-order valence-electron chi connectivity index (χ2n) is 7.64. The highest BCUT2D eigenvalue weighted by molar-refractivity contribution is 7.70. The average molecular weight is 436 g/mol. The molecule has 0 amide bonds. The molecule has 0 aliphatic carbocycles. The lowest BCUT2D eigenvalue weighted by Gasteiger charge is -2.20. The van der Waals surface area contributed by atoms with E-state index in [1.807, 2.05) is 30.3 Å². The molecule has 0 unspecified atom stereocenters. The minimum absolute atomic E-state index is 0.164. The zero-order valence-electron chi connectivity index (χ0n) is 17.2. The number of nitrogens with two attached hydrogens (primary N) is 2. The van der Waals surface area contributed by atoms with Crippen LogP contribution in [-0.2, 0) is 11.1 Å². The Kier molecular flexibility index (Phi) is 5.43. The van der Waals surface area contributed by atoms with Crippen molar-refractivity contribution in [3.8, 4) is 11.3 Å². The summed E-state index contributed by atoms with van der Waals surface area (Å²) in [5, 5.41) is 2.60. The molecule has 0 fully saturated rings. The number of hydrogen-bond acceptors (Lipinski definition) is 7. The summed E-state index contributed by atoms with van der Waals surface area (Å²) in [6.07, 6.45) is 3.20. The highest BCUT2D eigenvalue weighted by Gasteiger charge is 2.18. The van der Waals surface area contributed by atoms with Gasteiger partial charge in [-0.15, -0.1) is 0 Å². The Labute approximate surface area is 179 Å². The first kappa shape index (κ1) is 20.9. The Morgan fingerprint density at radius 3 is 2.65 bits per heavy atom. The molecule has 31 heavy (non-hydrogen) atoms. The fraction of sp³-hybridized carbons (Fsp3) is 0.136. The van der Waals surface area contributed by atoms with E-state index in [-0.39, 0.29) is 16.9 Å². The highest BCUT2D eigenvalue weighted by Crippen LogP contribution is 2.36. The molecule has 7 nitrogen and oxygen atoms in total. The van der Waals surface area contributed by atoms with Gasteiger partial charge in [-0.1, -0.05) is 18.2 Å². The van der Waals surface area contributed by atoms with Crippen molar-refractivity contribution >= 4 is 35.0 Å². The second kappa shape index (κ2) is 8.06. The Hall–Kier alpha value is -3.35. The predicted molar refractivity (Wildman–Crippen MR) is 123 cm³/mol. The molecule has 2 aromatic heterocycles. The van der Waals surface area contributed by atoms with Gasteiger partial charge >= 0.3 is 0 Å². The summed E-state index contributed by atoms with van der Waals surface area (Å²) in [7, 11) is -2.72. The normalized spacial score (nSPS) is 11.6. The number of fused-ring (bicyclic) bond motifs is 1. The number of halogens is 1. The smallest absolute Gasteiger partial charge is 0.186 e. The lowest BCUT2D eigenvalue weighted by Crippen LogP contribution is -2.32. The standard InChI is InChI=1S/C22H22FN6OP/c1-31(2,30)20-8-6-16(11-17(20)23)19-12-27-21(24)22(28-19)29(25)13-14-5-7-18-15(10-14)4-3-9-26-18/h3-12H,13,25H2,1-2H3,(H2,24,27). The third kappa shape index (κ3) is 4.40. The number of benzene rings is 2. The van der Waals surface area contributed by atoms with E-state index < -0.39 is 13.0 Å². The maximum atomic E-state index is 14.5. The van der Waals surface area contributed by atoms with Crippen LogP contribution in [-0.4, -0.2) is 28.3 Å². The quantitative estimate of drug-likeness (QED) is 0.280. The largest absolute Gasteiger partial charge is 0.381 e. The molecule has 4 rings (SSSR count). The maximum absolute atomic E-state index is 14.5. The SMILES string of the molecule is CP(C)(=O)c1ccc(-c2cnc(N)c(N(N)Cc3ccc4ncccc4c3)n2)cc1F. The summed E-state index contributed by atoms with van der Waals surface area (Å²) in [5.41, 5.74) is 8.76. The van der Waals surface area contributed by atoms with Crippen LogP contribution in [0.15, 0.2) is 60.9 Å². The van der Waals surface area contributed by atoms with E-state index >= 15 is 0 Å². The number of nitrogens with zero attached hydrogens (tertiary/aromatic N) is 4. The van der Waals surface area contributed by atoms with Crippen LogP contribution >= 0.6 is 7.14 Å². The maximum Gasteiger partial charge on any atom is 0.186 e. The molecule has 9 heteroatoms. The Morgan fingerprint density at radius 1 is 1.10 bits per heavy atom. The predicted octanol–water partition coefficient (Wildman–Crippen LogP) is 3.54. The molecule has 0 aliphatic heterocycles. The summed E-state index contributed by atoms with van der Waals surface area (Å²) < 4.78 is 26.7. The molecule has 4 N–H and O–H groups in total. The Morgan fingerprint density at radius 2 is 1.90 bits per heavy atom. The van der Waals surface area contributed by atoms with E-state index in [0.29, 0.717) is 17.8 Å². The van der Waals surface area contributed by atoms with E-state index in [0.717, 1.165) is 16.5 Å². The van der Waals surface area contributed by atoms with Gasteiger partial charge in [0, 0.05) is 22.5 Å². The molecule has 0 radical (unpaired) electrons. The van der Waals surface area contributed by atoms with Crippen LogP contribution in [0.5, 0.6) is 0 Å². The molecule has 0 atom stereocenters. The van der Waals surface area contributed by atoms with Gasteiger partial charge in [-0.25, -0.2) is 20.2 Å². The molecule has 2 heterocycles. The van der Waals surface area contributed by atoms with Gasteiger partial charge < -0.3 is 10.3 Å². The molecule has 0 saturated carbocycles. The van der Waals surface area contributed by atoms with E-state index in [2.05, 4.69) is 15.0 Å². The first-order valence-electron chi connectivity index (χ1n) is 9.56. The van der Waals surface area contributed by atoms with Crippen molar-refractivity contribution < 1.29 is 8.96 Å². The lowest BCUT2D eigenvalue weighted by atomic mass is 10.1. The molecule has 158 valence electrons. The number of rotatable bonds is 5. The zero-order chi connectivity index (χ0) is 22.2. The molecule has 0 aliphatic rings. The van der Waals surface area contributed by atoms with Crippen LogP contribution in [0.4, 0.5) is 16.0 Å². The summed E-state index contributed by atoms with van der Waals surface area (Å²) >= 11 is 0. The molecule has 4 aromatic rings. The van der Waals surface area contributed by atoms with Gasteiger partial charge in [0.25, 0.3) is 0 Å². The number of nitrogen functional groups attached to an aromatic ring is 1. The summed E-state index contributed by atoms with van der Waals surface area (Å²) in [6, 6.07) is 14.2. The van der Waals surface area contributed by atoms with Gasteiger partial charge in [-0.2, -0.15) is 0 Å².